The van der Waals surface area contributed by atoms with Gasteiger partial charge in [-0.3, -0.25) is 0 Å². The van der Waals surface area contributed by atoms with Crippen LogP contribution in [0.3, 0.4) is 0 Å². The molecule has 1 aliphatic rings. The predicted molar refractivity (Wildman–Crippen MR) is 74.5 cm³/mol. The minimum absolute atomic E-state index is 0.250. The quantitative estimate of drug-likeness (QED) is 0.748. The average molecular weight is 262 g/mol. The summed E-state index contributed by atoms with van der Waals surface area (Å²) in [7, 11) is -1.31. The van der Waals surface area contributed by atoms with E-state index in [1.54, 1.807) is 6.92 Å². The lowest BCUT2D eigenvalue weighted by Gasteiger charge is -2.24. The molecule has 1 rings (SSSR count). The first-order chi connectivity index (χ1) is 8.28. The summed E-state index contributed by atoms with van der Waals surface area (Å²) in [4.78, 5) is 0. The molecule has 17 heavy (non-hydrogen) atoms. The van der Waals surface area contributed by atoms with Crippen LogP contribution in [0.4, 0.5) is 0 Å². The third kappa shape index (κ3) is 9.77. The molecular weight excluding hydrogens is 232 g/mol. The molecule has 0 aromatic rings. The third-order valence-electron chi connectivity index (χ3n) is 2.96. The van der Waals surface area contributed by atoms with Crippen LogP contribution >= 0.6 is 0 Å². The summed E-state index contributed by atoms with van der Waals surface area (Å²) < 4.78 is 11.4. The second kappa shape index (κ2) is 12.6. The summed E-state index contributed by atoms with van der Waals surface area (Å²) in [6.45, 7) is 7.72. The maximum Gasteiger partial charge on any atom is 0.321 e. The smallest absolute Gasteiger partial charge is 0.321 e. The maximum atomic E-state index is 7.57. The molecule has 0 bridgehead atoms. The topological polar surface area (TPSA) is 38.7 Å². The largest absolute Gasteiger partial charge is 0.397 e. The van der Waals surface area contributed by atoms with Crippen molar-refractivity contribution in [3.63, 3.8) is 0 Å². The van der Waals surface area contributed by atoms with Crippen molar-refractivity contribution < 1.29 is 14.0 Å². The zero-order valence-corrected chi connectivity index (χ0v) is 12.9. The van der Waals surface area contributed by atoms with Gasteiger partial charge in [0, 0.05) is 19.8 Å². The van der Waals surface area contributed by atoms with Crippen LogP contribution in [-0.2, 0) is 8.85 Å². The van der Waals surface area contributed by atoms with Crippen molar-refractivity contribution in [2.75, 3.05) is 19.8 Å². The highest BCUT2D eigenvalue weighted by atomic mass is 28.3. The molecule has 1 aliphatic carbocycles. The molecule has 3 nitrogen and oxygen atoms in total. The first-order valence-electron chi connectivity index (χ1n) is 7.12. The number of hydrogen-bond acceptors (Lipinski definition) is 3. The molecule has 0 amide bonds. The summed E-state index contributed by atoms with van der Waals surface area (Å²) in [6, 6.07) is 1.24. The first kappa shape index (κ1) is 17.1. The molecule has 1 N–H and O–H groups in total. The van der Waals surface area contributed by atoms with E-state index in [4.69, 9.17) is 14.0 Å². The number of aliphatic hydroxyl groups excluding tert-OH is 1. The Morgan fingerprint density at radius 2 is 1.47 bits per heavy atom. The number of aliphatic hydroxyl groups is 1. The van der Waals surface area contributed by atoms with Crippen LogP contribution in [0.5, 0.6) is 0 Å². The molecular formula is C13H30O3Si. The molecule has 1 saturated carbocycles. The van der Waals surface area contributed by atoms with Crippen LogP contribution in [-0.4, -0.2) is 34.2 Å². The van der Waals surface area contributed by atoms with E-state index in [2.05, 4.69) is 13.8 Å². The summed E-state index contributed by atoms with van der Waals surface area (Å²) in [6.07, 6.45) is 7.09. The van der Waals surface area contributed by atoms with Gasteiger partial charge in [0.25, 0.3) is 0 Å². The van der Waals surface area contributed by atoms with Crippen molar-refractivity contribution >= 4 is 9.28 Å². The molecule has 0 aliphatic heterocycles. The summed E-state index contributed by atoms with van der Waals surface area (Å²) in [5.74, 6) is 0.901. The Labute approximate surface area is 108 Å². The molecule has 0 radical (unpaired) electrons. The van der Waals surface area contributed by atoms with Crippen molar-refractivity contribution in [3.8, 4) is 0 Å². The highest BCUT2D eigenvalue weighted by Gasteiger charge is 2.21. The molecule has 0 spiro atoms. The maximum absolute atomic E-state index is 7.57. The normalized spacial score (nSPS) is 16.8. The standard InChI is InChI=1S/C11H24O2Si.C2H6O/c1-3-12-14(13-4-2)10-11-8-6-5-7-9-11;1-2-3/h11,14H,3-10H2,1-2H3;3H,2H2,1H3. The Morgan fingerprint density at radius 3 is 1.88 bits per heavy atom. The SMILES string of the molecule is CCO.CCO[SiH](CC1CCCCC1)OCC. The molecule has 104 valence electrons. The predicted octanol–water partition coefficient (Wildman–Crippen LogP) is 2.86. The number of hydrogen-bond donors (Lipinski definition) is 1. The monoisotopic (exact) mass is 262 g/mol. The van der Waals surface area contributed by atoms with Crippen LogP contribution in [0.1, 0.15) is 52.9 Å². The zero-order valence-electron chi connectivity index (χ0n) is 11.8. The van der Waals surface area contributed by atoms with Gasteiger partial charge in [-0.25, -0.2) is 0 Å². The van der Waals surface area contributed by atoms with Crippen molar-refractivity contribution in [1.29, 1.82) is 0 Å². The van der Waals surface area contributed by atoms with Crippen LogP contribution in [0.15, 0.2) is 0 Å². The fourth-order valence-corrected chi connectivity index (χ4v) is 4.38. The average Bonchev–Trinajstić information content (AvgIpc) is 2.32. The van der Waals surface area contributed by atoms with Gasteiger partial charge in [-0.05, 0) is 32.7 Å². The Kier molecular flexibility index (Phi) is 12.6. The second-order valence-electron chi connectivity index (χ2n) is 4.40. The van der Waals surface area contributed by atoms with E-state index in [9.17, 15) is 0 Å². The summed E-state index contributed by atoms with van der Waals surface area (Å²) in [5, 5.41) is 7.57. The molecule has 1 fully saturated rings. The Hall–Kier alpha value is 0.0969. The van der Waals surface area contributed by atoms with Gasteiger partial charge in [0.15, 0.2) is 0 Å². The van der Waals surface area contributed by atoms with E-state index < -0.39 is 9.28 Å². The molecule has 4 heteroatoms. The highest BCUT2D eigenvalue weighted by Crippen LogP contribution is 2.28. The second-order valence-corrected chi connectivity index (χ2v) is 6.39. The van der Waals surface area contributed by atoms with Crippen LogP contribution < -0.4 is 0 Å². The zero-order chi connectivity index (χ0) is 12.9. The minimum atomic E-state index is -1.31. The van der Waals surface area contributed by atoms with E-state index >= 15 is 0 Å². The van der Waals surface area contributed by atoms with Crippen molar-refractivity contribution in [3.05, 3.63) is 0 Å². The molecule has 0 saturated heterocycles. The lowest BCUT2D eigenvalue weighted by molar-refractivity contribution is 0.203. The van der Waals surface area contributed by atoms with Gasteiger partial charge in [-0.15, -0.1) is 0 Å². The highest BCUT2D eigenvalue weighted by molar-refractivity contribution is 6.44. The van der Waals surface area contributed by atoms with Gasteiger partial charge in [-0.2, -0.15) is 0 Å². The first-order valence-corrected chi connectivity index (χ1v) is 8.88. The fourth-order valence-electron chi connectivity index (χ4n) is 2.25. The third-order valence-corrected chi connectivity index (χ3v) is 5.42. The Morgan fingerprint density at radius 1 is 1.00 bits per heavy atom. The van der Waals surface area contributed by atoms with E-state index in [1.165, 1.54) is 38.1 Å². The molecule has 0 aromatic heterocycles. The minimum Gasteiger partial charge on any atom is -0.397 e. The fraction of sp³-hybridized carbons (Fsp3) is 1.00. The Balaban J connectivity index is 0.000000770. The van der Waals surface area contributed by atoms with Gasteiger partial charge in [0.1, 0.15) is 0 Å². The van der Waals surface area contributed by atoms with Crippen LogP contribution in [0, 0.1) is 5.92 Å². The van der Waals surface area contributed by atoms with Crippen molar-refractivity contribution in [2.45, 2.75) is 58.9 Å². The van der Waals surface area contributed by atoms with Crippen LogP contribution in [0.25, 0.3) is 0 Å². The van der Waals surface area contributed by atoms with Crippen LogP contribution in [0.2, 0.25) is 6.04 Å². The lowest BCUT2D eigenvalue weighted by Crippen LogP contribution is -2.26. The van der Waals surface area contributed by atoms with E-state index in [-0.39, 0.29) is 6.61 Å². The van der Waals surface area contributed by atoms with Gasteiger partial charge in [-0.1, -0.05) is 32.1 Å². The molecule has 0 aromatic carbocycles. The van der Waals surface area contributed by atoms with Crippen molar-refractivity contribution in [1.82, 2.24) is 0 Å². The van der Waals surface area contributed by atoms with Gasteiger partial charge in [0.2, 0.25) is 0 Å². The van der Waals surface area contributed by atoms with E-state index in [1.807, 2.05) is 0 Å². The Bertz CT molecular complexity index is 144. The summed E-state index contributed by atoms with van der Waals surface area (Å²) in [5.41, 5.74) is 0. The van der Waals surface area contributed by atoms with Gasteiger partial charge >= 0.3 is 9.28 Å². The molecule has 0 heterocycles. The number of rotatable bonds is 6. The van der Waals surface area contributed by atoms with Gasteiger partial charge in [0.05, 0.1) is 0 Å². The lowest BCUT2D eigenvalue weighted by atomic mass is 9.91. The molecule has 0 atom stereocenters. The van der Waals surface area contributed by atoms with Gasteiger partial charge < -0.3 is 14.0 Å². The van der Waals surface area contributed by atoms with E-state index in [0.717, 1.165) is 19.1 Å². The van der Waals surface area contributed by atoms with Crippen molar-refractivity contribution in [2.24, 2.45) is 5.92 Å². The molecule has 0 unspecified atom stereocenters. The summed E-state index contributed by atoms with van der Waals surface area (Å²) >= 11 is 0. The van der Waals surface area contributed by atoms with E-state index in [0.29, 0.717) is 0 Å².